The third kappa shape index (κ3) is 2.80. The Morgan fingerprint density at radius 2 is 1.95 bits per heavy atom. The van der Waals surface area contributed by atoms with Crippen molar-refractivity contribution in [2.24, 2.45) is 0 Å². The van der Waals surface area contributed by atoms with E-state index in [1.165, 1.54) is 19.3 Å². The molecule has 1 saturated carbocycles. The van der Waals surface area contributed by atoms with Crippen LogP contribution in [0.25, 0.3) is 10.9 Å². The number of hydrogen-bond acceptors (Lipinski definition) is 4. The van der Waals surface area contributed by atoms with Crippen molar-refractivity contribution < 1.29 is 0 Å². The molecule has 4 nitrogen and oxygen atoms in total. The summed E-state index contributed by atoms with van der Waals surface area (Å²) in [5.41, 5.74) is 1.23. The van der Waals surface area contributed by atoms with Crippen LogP contribution in [0.1, 0.15) is 46.0 Å². The topological polar surface area (TPSA) is 49.8 Å². The van der Waals surface area contributed by atoms with E-state index in [2.05, 4.69) is 47.7 Å². The molecule has 3 rings (SSSR count). The summed E-state index contributed by atoms with van der Waals surface area (Å²) >= 11 is 0. The molecule has 112 valence electrons. The maximum Gasteiger partial charge on any atom is 0.225 e. The van der Waals surface area contributed by atoms with Crippen molar-refractivity contribution in [2.75, 3.05) is 17.2 Å². The van der Waals surface area contributed by atoms with Crippen molar-refractivity contribution in [1.82, 2.24) is 9.97 Å². The van der Waals surface area contributed by atoms with Crippen LogP contribution >= 0.6 is 0 Å². The predicted molar refractivity (Wildman–Crippen MR) is 88.8 cm³/mol. The largest absolute Gasteiger partial charge is 0.364 e. The monoisotopic (exact) mass is 284 g/mol. The number of fused-ring (bicyclic) bond motifs is 1. The molecule has 0 bridgehead atoms. The molecule has 0 atom stereocenters. The van der Waals surface area contributed by atoms with E-state index < -0.39 is 0 Å². The van der Waals surface area contributed by atoms with Gasteiger partial charge in [0.15, 0.2) is 0 Å². The first-order chi connectivity index (χ1) is 10.3. The molecule has 0 amide bonds. The van der Waals surface area contributed by atoms with Crippen molar-refractivity contribution in [3.8, 4) is 0 Å². The minimum absolute atomic E-state index is 0.235. The number of benzene rings is 1. The molecule has 1 aromatic heterocycles. The summed E-state index contributed by atoms with van der Waals surface area (Å²) in [6, 6.07) is 8.24. The normalized spacial score (nSPS) is 16.5. The molecule has 0 radical (unpaired) electrons. The van der Waals surface area contributed by atoms with Gasteiger partial charge in [-0.05, 0) is 44.2 Å². The molecule has 1 heterocycles. The van der Waals surface area contributed by atoms with Gasteiger partial charge in [-0.2, -0.15) is 4.98 Å². The Hall–Kier alpha value is -1.84. The lowest BCUT2D eigenvalue weighted by molar-refractivity contribution is 0.269. The average Bonchev–Trinajstić information content (AvgIpc) is 2.48. The maximum absolute atomic E-state index is 4.72. The highest BCUT2D eigenvalue weighted by molar-refractivity contribution is 5.90. The number of anilines is 2. The third-order valence-corrected chi connectivity index (χ3v) is 4.51. The van der Waals surface area contributed by atoms with Gasteiger partial charge in [-0.25, -0.2) is 4.98 Å². The van der Waals surface area contributed by atoms with Crippen LogP contribution in [0.2, 0.25) is 0 Å². The highest BCUT2D eigenvalue weighted by Gasteiger charge is 2.35. The SMILES string of the molecule is CCCNc1nc(NC2(CC)CCC2)c2ccccc2n1. The molecular formula is C17H24N4. The lowest BCUT2D eigenvalue weighted by Gasteiger charge is -2.42. The number of aromatic nitrogens is 2. The van der Waals surface area contributed by atoms with Crippen molar-refractivity contribution in [3.05, 3.63) is 24.3 Å². The van der Waals surface area contributed by atoms with Gasteiger partial charge < -0.3 is 10.6 Å². The Labute approximate surface area is 126 Å². The molecule has 2 aromatic rings. The van der Waals surface area contributed by atoms with Gasteiger partial charge in [0, 0.05) is 17.5 Å². The Bertz CT molecular complexity index is 614. The van der Waals surface area contributed by atoms with Crippen molar-refractivity contribution >= 4 is 22.7 Å². The molecule has 2 N–H and O–H groups in total. The zero-order valence-corrected chi connectivity index (χ0v) is 12.9. The van der Waals surface area contributed by atoms with Crippen LogP contribution in [-0.4, -0.2) is 22.1 Å². The fraction of sp³-hybridized carbons (Fsp3) is 0.529. The molecule has 1 aliphatic rings. The summed E-state index contributed by atoms with van der Waals surface area (Å²) in [6.07, 6.45) is 5.99. The van der Waals surface area contributed by atoms with Crippen LogP contribution in [0.3, 0.4) is 0 Å². The minimum atomic E-state index is 0.235. The van der Waals surface area contributed by atoms with Gasteiger partial charge in [0.1, 0.15) is 5.82 Å². The summed E-state index contributed by atoms with van der Waals surface area (Å²) in [5.74, 6) is 1.70. The highest BCUT2D eigenvalue weighted by Crippen LogP contribution is 2.39. The number of rotatable bonds is 6. The Morgan fingerprint density at radius 1 is 1.14 bits per heavy atom. The maximum atomic E-state index is 4.72. The molecule has 4 heteroatoms. The fourth-order valence-corrected chi connectivity index (χ4v) is 2.91. The molecule has 1 aromatic carbocycles. The first kappa shape index (κ1) is 14.1. The van der Waals surface area contributed by atoms with E-state index >= 15 is 0 Å². The molecule has 1 aliphatic carbocycles. The van der Waals surface area contributed by atoms with Crippen LogP contribution in [0.15, 0.2) is 24.3 Å². The summed E-state index contributed by atoms with van der Waals surface area (Å²) < 4.78 is 0. The third-order valence-electron chi connectivity index (χ3n) is 4.51. The van der Waals surface area contributed by atoms with Crippen LogP contribution in [0.4, 0.5) is 11.8 Å². The van der Waals surface area contributed by atoms with Gasteiger partial charge in [0.2, 0.25) is 5.95 Å². The molecule has 0 aliphatic heterocycles. The minimum Gasteiger partial charge on any atom is -0.364 e. The first-order valence-corrected chi connectivity index (χ1v) is 8.05. The quantitative estimate of drug-likeness (QED) is 0.835. The molecule has 21 heavy (non-hydrogen) atoms. The molecule has 1 fully saturated rings. The molecule has 0 saturated heterocycles. The Kier molecular flexibility index (Phi) is 3.95. The second-order valence-corrected chi connectivity index (χ2v) is 5.95. The number of hydrogen-bond donors (Lipinski definition) is 2. The number of para-hydroxylation sites is 1. The van der Waals surface area contributed by atoms with Crippen molar-refractivity contribution in [1.29, 1.82) is 0 Å². The van der Waals surface area contributed by atoms with Gasteiger partial charge >= 0.3 is 0 Å². The van der Waals surface area contributed by atoms with E-state index in [-0.39, 0.29) is 5.54 Å². The van der Waals surface area contributed by atoms with Gasteiger partial charge in [0.05, 0.1) is 5.52 Å². The summed E-state index contributed by atoms with van der Waals surface area (Å²) in [5, 5.41) is 8.13. The van der Waals surface area contributed by atoms with Crippen LogP contribution in [0, 0.1) is 0 Å². The Balaban J connectivity index is 1.97. The predicted octanol–water partition coefficient (Wildman–Crippen LogP) is 4.20. The van der Waals surface area contributed by atoms with Crippen LogP contribution in [0.5, 0.6) is 0 Å². The van der Waals surface area contributed by atoms with Crippen molar-refractivity contribution in [2.45, 2.75) is 51.5 Å². The van der Waals surface area contributed by atoms with Crippen molar-refractivity contribution in [3.63, 3.8) is 0 Å². The van der Waals surface area contributed by atoms with Crippen LogP contribution < -0.4 is 10.6 Å². The zero-order valence-electron chi connectivity index (χ0n) is 12.9. The lowest BCUT2D eigenvalue weighted by atomic mass is 9.75. The second-order valence-electron chi connectivity index (χ2n) is 5.95. The standard InChI is InChI=1S/C17H24N4/c1-3-12-18-16-19-14-9-6-5-8-13(14)15(20-16)21-17(4-2)10-7-11-17/h5-6,8-9H,3-4,7,10-12H2,1-2H3,(H2,18,19,20,21). The van der Waals surface area contributed by atoms with E-state index in [9.17, 15) is 0 Å². The average molecular weight is 284 g/mol. The fourth-order valence-electron chi connectivity index (χ4n) is 2.91. The second kappa shape index (κ2) is 5.88. The smallest absolute Gasteiger partial charge is 0.225 e. The molecule has 0 unspecified atom stereocenters. The van der Waals surface area contributed by atoms with Gasteiger partial charge in [-0.15, -0.1) is 0 Å². The number of nitrogens with zero attached hydrogens (tertiary/aromatic N) is 2. The first-order valence-electron chi connectivity index (χ1n) is 8.05. The van der Waals surface area contributed by atoms with Gasteiger partial charge in [-0.3, -0.25) is 0 Å². The number of nitrogens with one attached hydrogen (secondary N) is 2. The van der Waals surface area contributed by atoms with E-state index in [1.54, 1.807) is 0 Å². The van der Waals surface area contributed by atoms with Crippen LogP contribution in [-0.2, 0) is 0 Å². The summed E-state index contributed by atoms with van der Waals surface area (Å²) in [7, 11) is 0. The van der Waals surface area contributed by atoms with E-state index in [0.29, 0.717) is 0 Å². The summed E-state index contributed by atoms with van der Waals surface area (Å²) in [4.78, 5) is 9.33. The van der Waals surface area contributed by atoms with Gasteiger partial charge in [-0.1, -0.05) is 26.0 Å². The molecule has 0 spiro atoms. The molecular weight excluding hydrogens is 260 g/mol. The van der Waals surface area contributed by atoms with E-state index in [1.807, 2.05) is 6.07 Å². The lowest BCUT2D eigenvalue weighted by Crippen LogP contribution is -2.44. The van der Waals surface area contributed by atoms with Gasteiger partial charge in [0.25, 0.3) is 0 Å². The Morgan fingerprint density at radius 3 is 2.62 bits per heavy atom. The van der Waals surface area contributed by atoms with E-state index in [0.717, 1.165) is 42.1 Å². The zero-order chi connectivity index (χ0) is 14.7. The van der Waals surface area contributed by atoms with E-state index in [4.69, 9.17) is 4.98 Å². The highest BCUT2D eigenvalue weighted by atomic mass is 15.2. The summed E-state index contributed by atoms with van der Waals surface area (Å²) in [6.45, 7) is 5.30.